The molecular formula is C15H22BrN. The van der Waals surface area contributed by atoms with Gasteiger partial charge in [-0.1, -0.05) is 37.8 Å². The molecule has 94 valence electrons. The smallest absolute Gasteiger partial charge is 0.0487 e. The van der Waals surface area contributed by atoms with E-state index in [0.29, 0.717) is 0 Å². The summed E-state index contributed by atoms with van der Waals surface area (Å²) in [5.41, 5.74) is 2.55. The third-order valence-electron chi connectivity index (χ3n) is 3.75. The summed E-state index contributed by atoms with van der Waals surface area (Å²) in [4.78, 5) is 0. The molecule has 0 saturated heterocycles. The fourth-order valence-electron chi connectivity index (χ4n) is 2.61. The fourth-order valence-corrected chi connectivity index (χ4v) is 3.01. The summed E-state index contributed by atoms with van der Waals surface area (Å²) in [5.74, 6) is 0.866. The molecule has 2 rings (SSSR count). The summed E-state index contributed by atoms with van der Waals surface area (Å²) < 4.78 is 1.22. The van der Waals surface area contributed by atoms with Crippen molar-refractivity contribution in [2.24, 2.45) is 5.92 Å². The predicted octanol–water partition coefficient (Wildman–Crippen LogP) is 5.14. The molecule has 0 amide bonds. The molecule has 1 aliphatic rings. The molecule has 0 bridgehead atoms. The Kier molecular flexibility index (Phi) is 4.90. The molecule has 0 aromatic heterocycles. The van der Waals surface area contributed by atoms with E-state index in [1.807, 2.05) is 0 Å². The summed E-state index contributed by atoms with van der Waals surface area (Å²) >= 11 is 3.66. The van der Waals surface area contributed by atoms with E-state index in [-0.39, 0.29) is 0 Å². The molecule has 17 heavy (non-hydrogen) atoms. The number of benzene rings is 1. The van der Waals surface area contributed by atoms with Crippen molar-refractivity contribution >= 4 is 21.6 Å². The molecule has 0 aliphatic heterocycles. The molecule has 1 nitrogen and oxygen atoms in total. The van der Waals surface area contributed by atoms with Gasteiger partial charge in [-0.15, -0.1) is 0 Å². The maximum Gasteiger partial charge on any atom is 0.0487 e. The van der Waals surface area contributed by atoms with Crippen LogP contribution in [0, 0.1) is 12.8 Å². The van der Waals surface area contributed by atoms with Crippen LogP contribution in [0.15, 0.2) is 22.7 Å². The first-order chi connectivity index (χ1) is 8.27. The lowest BCUT2D eigenvalue weighted by Crippen LogP contribution is -2.14. The monoisotopic (exact) mass is 295 g/mol. The Bertz CT molecular complexity index is 354. The minimum atomic E-state index is 0.866. The maximum absolute atomic E-state index is 3.66. The zero-order valence-electron chi connectivity index (χ0n) is 10.6. The first-order valence-corrected chi connectivity index (χ1v) is 7.55. The van der Waals surface area contributed by atoms with E-state index in [2.05, 4.69) is 46.4 Å². The molecule has 2 heteroatoms. The average Bonchev–Trinajstić information content (AvgIpc) is 2.59. The fraction of sp³-hybridized carbons (Fsp3) is 0.600. The van der Waals surface area contributed by atoms with E-state index >= 15 is 0 Å². The van der Waals surface area contributed by atoms with E-state index in [1.165, 1.54) is 54.2 Å². The highest BCUT2D eigenvalue weighted by Crippen LogP contribution is 2.28. The molecule has 1 N–H and O–H groups in total. The van der Waals surface area contributed by atoms with Gasteiger partial charge in [-0.05, 0) is 53.2 Å². The number of anilines is 1. The number of rotatable bonds is 3. The Morgan fingerprint density at radius 1 is 1.18 bits per heavy atom. The summed E-state index contributed by atoms with van der Waals surface area (Å²) in [6.07, 6.45) is 8.50. The molecule has 1 aromatic rings. The zero-order chi connectivity index (χ0) is 12.1. The van der Waals surface area contributed by atoms with Gasteiger partial charge >= 0.3 is 0 Å². The standard InChI is InChI=1S/C15H22BrN/c1-12-7-6-10-14(15(12)16)17-11-13-8-4-2-3-5-9-13/h6-7,10,13,17H,2-5,8-9,11H2,1H3. The average molecular weight is 296 g/mol. The van der Waals surface area contributed by atoms with Crippen molar-refractivity contribution in [3.8, 4) is 0 Å². The minimum absolute atomic E-state index is 0.866. The van der Waals surface area contributed by atoms with Gasteiger partial charge in [0, 0.05) is 16.7 Å². The SMILES string of the molecule is Cc1cccc(NCC2CCCCCC2)c1Br. The number of hydrogen-bond acceptors (Lipinski definition) is 1. The van der Waals surface area contributed by atoms with Crippen LogP contribution in [0.1, 0.15) is 44.1 Å². The van der Waals surface area contributed by atoms with Crippen molar-refractivity contribution in [3.63, 3.8) is 0 Å². The van der Waals surface area contributed by atoms with Gasteiger partial charge < -0.3 is 5.32 Å². The molecule has 0 heterocycles. The maximum atomic E-state index is 3.66. The van der Waals surface area contributed by atoms with Gasteiger partial charge in [0.2, 0.25) is 0 Å². The van der Waals surface area contributed by atoms with Gasteiger partial charge in [0.1, 0.15) is 0 Å². The highest BCUT2D eigenvalue weighted by Gasteiger charge is 2.12. The highest BCUT2D eigenvalue weighted by molar-refractivity contribution is 9.10. The van der Waals surface area contributed by atoms with Gasteiger partial charge in [-0.3, -0.25) is 0 Å². The van der Waals surface area contributed by atoms with Crippen molar-refractivity contribution in [1.82, 2.24) is 0 Å². The lowest BCUT2D eigenvalue weighted by molar-refractivity contribution is 0.483. The Hall–Kier alpha value is -0.500. The third kappa shape index (κ3) is 3.74. The first kappa shape index (κ1) is 12.9. The quantitative estimate of drug-likeness (QED) is 0.761. The van der Waals surface area contributed by atoms with Crippen LogP contribution >= 0.6 is 15.9 Å². The molecule has 0 atom stereocenters. The summed E-state index contributed by atoms with van der Waals surface area (Å²) in [7, 11) is 0. The van der Waals surface area contributed by atoms with Crippen LogP contribution in [0.25, 0.3) is 0 Å². The van der Waals surface area contributed by atoms with E-state index in [4.69, 9.17) is 0 Å². The molecule has 1 aliphatic carbocycles. The van der Waals surface area contributed by atoms with E-state index in [9.17, 15) is 0 Å². The number of halogens is 1. The molecule has 1 aromatic carbocycles. The van der Waals surface area contributed by atoms with Gasteiger partial charge in [-0.2, -0.15) is 0 Å². The van der Waals surface area contributed by atoms with Crippen LogP contribution in [0.3, 0.4) is 0 Å². The Morgan fingerprint density at radius 3 is 2.59 bits per heavy atom. The van der Waals surface area contributed by atoms with Crippen molar-refractivity contribution < 1.29 is 0 Å². The minimum Gasteiger partial charge on any atom is -0.384 e. The molecule has 0 spiro atoms. The van der Waals surface area contributed by atoms with Gasteiger partial charge in [0.15, 0.2) is 0 Å². The van der Waals surface area contributed by atoms with Crippen molar-refractivity contribution in [2.45, 2.75) is 45.4 Å². The topological polar surface area (TPSA) is 12.0 Å². The van der Waals surface area contributed by atoms with E-state index in [0.717, 1.165) is 12.5 Å². The molecule has 1 fully saturated rings. The molecule has 0 radical (unpaired) electrons. The van der Waals surface area contributed by atoms with Crippen molar-refractivity contribution in [1.29, 1.82) is 0 Å². The summed E-state index contributed by atoms with van der Waals surface area (Å²) in [6, 6.07) is 6.42. The predicted molar refractivity (Wildman–Crippen MR) is 78.6 cm³/mol. The number of aryl methyl sites for hydroxylation is 1. The normalized spacial score (nSPS) is 17.8. The van der Waals surface area contributed by atoms with Crippen LogP contribution in [-0.2, 0) is 0 Å². The summed E-state index contributed by atoms with van der Waals surface area (Å²) in [6.45, 7) is 3.27. The Labute approximate surface area is 113 Å². The Balaban J connectivity index is 1.90. The lowest BCUT2D eigenvalue weighted by Gasteiger charge is -2.17. The zero-order valence-corrected chi connectivity index (χ0v) is 12.2. The van der Waals surface area contributed by atoms with E-state index < -0.39 is 0 Å². The van der Waals surface area contributed by atoms with Crippen LogP contribution in [-0.4, -0.2) is 6.54 Å². The third-order valence-corrected chi connectivity index (χ3v) is 4.80. The largest absolute Gasteiger partial charge is 0.384 e. The van der Waals surface area contributed by atoms with Crippen LogP contribution < -0.4 is 5.32 Å². The van der Waals surface area contributed by atoms with Gasteiger partial charge in [0.25, 0.3) is 0 Å². The van der Waals surface area contributed by atoms with Gasteiger partial charge in [-0.25, -0.2) is 0 Å². The van der Waals surface area contributed by atoms with Gasteiger partial charge in [0.05, 0.1) is 0 Å². The number of nitrogens with one attached hydrogen (secondary N) is 1. The second-order valence-corrected chi connectivity index (χ2v) is 5.97. The molecular weight excluding hydrogens is 274 g/mol. The molecule has 1 saturated carbocycles. The lowest BCUT2D eigenvalue weighted by atomic mass is 10.0. The number of hydrogen-bond donors (Lipinski definition) is 1. The Morgan fingerprint density at radius 2 is 1.88 bits per heavy atom. The first-order valence-electron chi connectivity index (χ1n) is 6.76. The second-order valence-electron chi connectivity index (χ2n) is 5.17. The summed E-state index contributed by atoms with van der Waals surface area (Å²) in [5, 5.41) is 3.60. The van der Waals surface area contributed by atoms with Crippen LogP contribution in [0.4, 0.5) is 5.69 Å². The van der Waals surface area contributed by atoms with Crippen LogP contribution in [0.2, 0.25) is 0 Å². The van der Waals surface area contributed by atoms with Crippen molar-refractivity contribution in [3.05, 3.63) is 28.2 Å². The highest BCUT2D eigenvalue weighted by atomic mass is 79.9. The van der Waals surface area contributed by atoms with Crippen LogP contribution in [0.5, 0.6) is 0 Å². The molecule has 0 unspecified atom stereocenters. The van der Waals surface area contributed by atoms with E-state index in [1.54, 1.807) is 0 Å². The van der Waals surface area contributed by atoms with Crippen molar-refractivity contribution in [2.75, 3.05) is 11.9 Å². The second kappa shape index (κ2) is 6.44.